The third kappa shape index (κ3) is 2.52. The van der Waals surface area contributed by atoms with Crippen molar-refractivity contribution in [2.75, 3.05) is 13.1 Å². The Labute approximate surface area is 74.9 Å². The van der Waals surface area contributed by atoms with Gasteiger partial charge in [0.2, 0.25) is 5.91 Å². The van der Waals surface area contributed by atoms with Crippen molar-refractivity contribution in [2.45, 2.75) is 32.2 Å². The van der Waals surface area contributed by atoms with Crippen molar-refractivity contribution < 1.29 is 4.79 Å². The largest absolute Gasteiger partial charge is 0.353 e. The van der Waals surface area contributed by atoms with E-state index < -0.39 is 0 Å². The first-order valence-electron chi connectivity index (χ1n) is 4.30. The van der Waals surface area contributed by atoms with Gasteiger partial charge in [-0.25, -0.2) is 0 Å². The fourth-order valence-electron chi connectivity index (χ4n) is 1.57. The summed E-state index contributed by atoms with van der Waals surface area (Å²) in [6.45, 7) is 5.34. The minimum atomic E-state index is -0.0400. The Morgan fingerprint density at radius 2 is 2.00 bits per heavy atom. The highest BCUT2D eigenvalue weighted by molar-refractivity contribution is 6.04. The summed E-state index contributed by atoms with van der Waals surface area (Å²) in [5.74, 6) is 0.0444. The zero-order valence-electron chi connectivity index (χ0n) is 7.76. The van der Waals surface area contributed by atoms with E-state index in [0.29, 0.717) is 0 Å². The summed E-state index contributed by atoms with van der Waals surface area (Å²) in [4.78, 5) is 12.6. The van der Waals surface area contributed by atoms with E-state index in [1.807, 2.05) is 0 Å². The zero-order chi connectivity index (χ0) is 9.19. The van der Waals surface area contributed by atoms with Crippen molar-refractivity contribution in [1.82, 2.24) is 10.1 Å². The van der Waals surface area contributed by atoms with E-state index in [2.05, 4.69) is 12.2 Å². The molecule has 1 N–H and O–H groups in total. The predicted octanol–water partition coefficient (Wildman–Crippen LogP) is 0.0605. The van der Waals surface area contributed by atoms with Crippen molar-refractivity contribution in [3.63, 3.8) is 0 Å². The number of carbonyl (C=O) groups excluding carboxylic acids is 1. The maximum Gasteiger partial charge on any atom is 0.217 e. The van der Waals surface area contributed by atoms with Crippen LogP contribution in [0.1, 0.15) is 26.7 Å². The summed E-state index contributed by atoms with van der Waals surface area (Å²) >= 11 is 0. The van der Waals surface area contributed by atoms with Gasteiger partial charge in [-0.05, 0) is 32.9 Å². The molecule has 1 aliphatic heterocycles. The Morgan fingerprint density at radius 3 is 2.42 bits per heavy atom. The Hall–Kier alpha value is -0.505. The van der Waals surface area contributed by atoms with E-state index in [-0.39, 0.29) is 11.4 Å². The highest BCUT2D eigenvalue weighted by Gasteiger charge is 2.28. The van der Waals surface area contributed by atoms with Crippen molar-refractivity contribution in [3.05, 3.63) is 0 Å². The van der Waals surface area contributed by atoms with Crippen LogP contribution in [0.3, 0.4) is 0 Å². The lowest BCUT2D eigenvalue weighted by Gasteiger charge is -2.38. The molecule has 3 nitrogen and oxygen atoms in total. The van der Waals surface area contributed by atoms with E-state index in [9.17, 15) is 4.79 Å². The normalized spacial score (nSPS) is 23.5. The van der Waals surface area contributed by atoms with Gasteiger partial charge in [0.15, 0.2) is 7.98 Å². The van der Waals surface area contributed by atoms with Crippen LogP contribution < -0.4 is 5.32 Å². The van der Waals surface area contributed by atoms with E-state index in [1.54, 1.807) is 11.7 Å². The van der Waals surface area contributed by atoms with Crippen LogP contribution in [0.25, 0.3) is 0 Å². The van der Waals surface area contributed by atoms with Gasteiger partial charge in [-0.2, -0.15) is 0 Å². The second-order valence-electron chi connectivity index (χ2n) is 3.78. The molecular formula is C8H15BN2O. The quantitative estimate of drug-likeness (QED) is 0.558. The second kappa shape index (κ2) is 3.48. The van der Waals surface area contributed by atoms with E-state index in [4.69, 9.17) is 7.98 Å². The van der Waals surface area contributed by atoms with Crippen molar-refractivity contribution in [2.24, 2.45) is 0 Å². The molecule has 4 heteroatoms. The number of hydrogen-bond donors (Lipinski definition) is 1. The molecule has 1 heterocycles. The van der Waals surface area contributed by atoms with Crippen LogP contribution in [0.4, 0.5) is 0 Å². The molecule has 0 aromatic heterocycles. The monoisotopic (exact) mass is 166 g/mol. The summed E-state index contributed by atoms with van der Waals surface area (Å²) in [7, 11) is 5.61. The molecule has 0 spiro atoms. The van der Waals surface area contributed by atoms with Gasteiger partial charge in [-0.3, -0.25) is 4.79 Å². The van der Waals surface area contributed by atoms with Crippen molar-refractivity contribution >= 4 is 13.9 Å². The minimum absolute atomic E-state index is 0.0400. The van der Waals surface area contributed by atoms with E-state index in [0.717, 1.165) is 25.9 Å². The second-order valence-corrected chi connectivity index (χ2v) is 3.78. The number of nitrogens with one attached hydrogen (secondary N) is 1. The Morgan fingerprint density at radius 1 is 1.50 bits per heavy atom. The Balaban J connectivity index is 2.44. The molecule has 0 aromatic carbocycles. The van der Waals surface area contributed by atoms with Crippen LogP contribution >= 0.6 is 0 Å². The molecule has 1 amide bonds. The molecular weight excluding hydrogens is 151 g/mol. The first kappa shape index (κ1) is 9.58. The van der Waals surface area contributed by atoms with Gasteiger partial charge >= 0.3 is 0 Å². The third-order valence-corrected chi connectivity index (χ3v) is 2.38. The molecule has 66 valence electrons. The lowest BCUT2D eigenvalue weighted by atomic mass is 9.88. The molecule has 0 aromatic rings. The smallest absolute Gasteiger partial charge is 0.217 e. The van der Waals surface area contributed by atoms with Gasteiger partial charge in [0.1, 0.15) is 0 Å². The highest BCUT2D eigenvalue weighted by Crippen LogP contribution is 2.19. The summed E-state index contributed by atoms with van der Waals surface area (Å²) in [5, 5.41) is 2.96. The summed E-state index contributed by atoms with van der Waals surface area (Å²) in [6, 6.07) is 0. The van der Waals surface area contributed by atoms with Crippen LogP contribution in [-0.2, 0) is 4.79 Å². The Kier molecular flexibility index (Phi) is 2.78. The topological polar surface area (TPSA) is 32.3 Å². The van der Waals surface area contributed by atoms with Crippen LogP contribution in [-0.4, -0.2) is 37.3 Å². The fourth-order valence-corrected chi connectivity index (χ4v) is 1.57. The standard InChI is InChI=1S/C8H15BN2O/c1-7(12)10-8(2)3-5-11(9)6-4-8/h3-6H2,1-2H3,(H,10,12). The molecule has 0 aliphatic carbocycles. The highest BCUT2D eigenvalue weighted by atomic mass is 16.1. The van der Waals surface area contributed by atoms with Crippen molar-refractivity contribution in [1.29, 1.82) is 0 Å². The molecule has 1 saturated heterocycles. The van der Waals surface area contributed by atoms with E-state index in [1.165, 1.54) is 0 Å². The van der Waals surface area contributed by atoms with Crippen LogP contribution in [0, 0.1) is 0 Å². The average Bonchev–Trinajstić information content (AvgIpc) is 1.94. The molecule has 0 atom stereocenters. The molecule has 1 aliphatic rings. The number of carbonyl (C=O) groups is 1. The first-order valence-corrected chi connectivity index (χ1v) is 4.30. The maximum atomic E-state index is 10.8. The summed E-state index contributed by atoms with van der Waals surface area (Å²) < 4.78 is 0. The molecule has 0 saturated carbocycles. The lowest BCUT2D eigenvalue weighted by Crippen LogP contribution is -2.52. The SMILES string of the molecule is [B]N1CCC(C)(NC(C)=O)CC1. The van der Waals surface area contributed by atoms with Gasteiger partial charge in [0.25, 0.3) is 0 Å². The summed E-state index contributed by atoms with van der Waals surface area (Å²) in [5.41, 5.74) is -0.0400. The number of amides is 1. The molecule has 0 unspecified atom stereocenters. The lowest BCUT2D eigenvalue weighted by molar-refractivity contribution is -0.121. The van der Waals surface area contributed by atoms with Crippen LogP contribution in [0.5, 0.6) is 0 Å². The minimum Gasteiger partial charge on any atom is -0.353 e. The predicted molar refractivity (Wildman–Crippen MR) is 48.8 cm³/mol. The average molecular weight is 166 g/mol. The molecule has 1 fully saturated rings. The fraction of sp³-hybridized carbons (Fsp3) is 0.875. The van der Waals surface area contributed by atoms with Crippen molar-refractivity contribution in [3.8, 4) is 0 Å². The van der Waals surface area contributed by atoms with Gasteiger partial charge in [-0.1, -0.05) is 0 Å². The maximum absolute atomic E-state index is 10.8. The number of piperidine rings is 1. The number of hydrogen-bond acceptors (Lipinski definition) is 2. The van der Waals surface area contributed by atoms with Crippen LogP contribution in [0.2, 0.25) is 0 Å². The Bertz CT molecular complexity index is 176. The molecule has 1 rings (SSSR count). The first-order chi connectivity index (χ1) is 5.52. The van der Waals surface area contributed by atoms with Gasteiger partial charge in [0, 0.05) is 12.5 Å². The zero-order valence-corrected chi connectivity index (χ0v) is 7.76. The number of rotatable bonds is 1. The summed E-state index contributed by atoms with van der Waals surface area (Å²) in [6.07, 6.45) is 1.87. The van der Waals surface area contributed by atoms with Gasteiger partial charge in [-0.15, -0.1) is 0 Å². The third-order valence-electron chi connectivity index (χ3n) is 2.38. The van der Waals surface area contributed by atoms with Crippen LogP contribution in [0.15, 0.2) is 0 Å². The van der Waals surface area contributed by atoms with E-state index >= 15 is 0 Å². The molecule has 2 radical (unpaired) electrons. The molecule has 12 heavy (non-hydrogen) atoms. The number of nitrogens with zero attached hydrogens (tertiary/aromatic N) is 1. The van der Waals surface area contributed by atoms with Gasteiger partial charge in [0.05, 0.1) is 0 Å². The van der Waals surface area contributed by atoms with Gasteiger partial charge < -0.3 is 10.1 Å². The molecule has 0 bridgehead atoms.